The summed E-state index contributed by atoms with van der Waals surface area (Å²) in [4.78, 5) is 28.6. The second-order valence-electron chi connectivity index (χ2n) is 9.71. The van der Waals surface area contributed by atoms with Crippen LogP contribution >= 0.6 is 0 Å². The van der Waals surface area contributed by atoms with Gasteiger partial charge < -0.3 is 10.5 Å². The summed E-state index contributed by atoms with van der Waals surface area (Å²) < 4.78 is 46.5. The predicted molar refractivity (Wildman–Crippen MR) is 139 cm³/mol. The van der Waals surface area contributed by atoms with Gasteiger partial charge in [-0.2, -0.15) is 18.3 Å². The monoisotopic (exact) mass is 537 g/mol. The molecular formula is C28H26F3N5O3. The number of hydrogen-bond acceptors (Lipinski definition) is 5. The lowest BCUT2D eigenvalue weighted by Crippen LogP contribution is -2.27. The number of halogens is 3. The van der Waals surface area contributed by atoms with Crippen molar-refractivity contribution in [3.8, 4) is 17.0 Å². The van der Waals surface area contributed by atoms with Crippen LogP contribution in [0.5, 0.6) is 5.75 Å². The lowest BCUT2D eigenvalue weighted by atomic mass is 10.0. The molecule has 0 aliphatic carbocycles. The molecule has 0 aliphatic heterocycles. The number of aromatic nitrogens is 3. The molecule has 2 amide bonds. The molecular weight excluding hydrogens is 511 g/mol. The van der Waals surface area contributed by atoms with E-state index in [0.717, 1.165) is 6.07 Å². The minimum atomic E-state index is -4.61. The number of nitrogens with two attached hydrogens (primary N) is 1. The van der Waals surface area contributed by atoms with Gasteiger partial charge in [0.05, 0.1) is 16.8 Å². The summed E-state index contributed by atoms with van der Waals surface area (Å²) in [5.41, 5.74) is 5.84. The van der Waals surface area contributed by atoms with Crippen molar-refractivity contribution in [2.45, 2.75) is 38.9 Å². The van der Waals surface area contributed by atoms with Crippen molar-refractivity contribution in [3.63, 3.8) is 0 Å². The molecule has 202 valence electrons. The van der Waals surface area contributed by atoms with Crippen molar-refractivity contribution < 1.29 is 27.5 Å². The van der Waals surface area contributed by atoms with Crippen LogP contribution in [0.3, 0.4) is 0 Å². The summed E-state index contributed by atoms with van der Waals surface area (Å²) in [7, 11) is 0. The SMILES string of the molecule is CC(C)(C)n1nc(-c2ccc(NC(=O)Oc3ccccc3)cc2)c(C(N)=O)c1Cc1cccc(C(F)(F)F)n1. The quantitative estimate of drug-likeness (QED) is 0.312. The highest BCUT2D eigenvalue weighted by molar-refractivity contribution is 6.00. The molecule has 0 atom stereocenters. The molecule has 39 heavy (non-hydrogen) atoms. The molecule has 0 spiro atoms. The van der Waals surface area contributed by atoms with E-state index < -0.39 is 29.4 Å². The number of carbonyl (C=O) groups excluding carboxylic acids is 2. The van der Waals surface area contributed by atoms with Gasteiger partial charge in [-0.25, -0.2) is 9.78 Å². The van der Waals surface area contributed by atoms with Gasteiger partial charge in [0.2, 0.25) is 0 Å². The van der Waals surface area contributed by atoms with Gasteiger partial charge in [-0.3, -0.25) is 14.8 Å². The standard InChI is InChI=1S/C28H26F3N5O3/c1-27(2,3)36-21(16-19-8-7-11-22(33-19)28(29,30)31)23(25(32)37)24(35-36)17-12-14-18(15-13-17)34-26(38)39-20-9-5-4-6-10-20/h4-15H,16H2,1-3H3,(H2,32,37)(H,34,38). The van der Waals surface area contributed by atoms with Crippen molar-refractivity contribution in [3.05, 3.63) is 95.4 Å². The highest BCUT2D eigenvalue weighted by Gasteiger charge is 2.33. The van der Waals surface area contributed by atoms with Crippen LogP contribution in [0, 0.1) is 0 Å². The first-order valence-electron chi connectivity index (χ1n) is 11.9. The van der Waals surface area contributed by atoms with Gasteiger partial charge in [0, 0.05) is 23.4 Å². The number of primary amides is 1. The number of ether oxygens (including phenoxy) is 1. The Morgan fingerprint density at radius 3 is 2.21 bits per heavy atom. The number of alkyl halides is 3. The number of hydrogen-bond donors (Lipinski definition) is 2. The molecule has 0 unspecified atom stereocenters. The van der Waals surface area contributed by atoms with Gasteiger partial charge >= 0.3 is 12.3 Å². The van der Waals surface area contributed by atoms with Crippen molar-refractivity contribution in [1.82, 2.24) is 14.8 Å². The van der Waals surface area contributed by atoms with E-state index in [4.69, 9.17) is 10.5 Å². The number of benzene rings is 2. The fraction of sp³-hybridized carbons (Fsp3) is 0.214. The number of anilines is 1. The van der Waals surface area contributed by atoms with Crippen LogP contribution in [0.4, 0.5) is 23.7 Å². The van der Waals surface area contributed by atoms with Gasteiger partial charge in [0.25, 0.3) is 5.91 Å². The highest BCUT2D eigenvalue weighted by atomic mass is 19.4. The minimum Gasteiger partial charge on any atom is -0.410 e. The maximum atomic E-state index is 13.2. The van der Waals surface area contributed by atoms with E-state index in [1.165, 1.54) is 12.1 Å². The summed E-state index contributed by atoms with van der Waals surface area (Å²) in [5, 5.41) is 7.26. The molecule has 11 heteroatoms. The third kappa shape index (κ3) is 6.43. The predicted octanol–water partition coefficient (Wildman–Crippen LogP) is 6.02. The summed E-state index contributed by atoms with van der Waals surface area (Å²) in [6.45, 7) is 5.55. The van der Waals surface area contributed by atoms with Crippen molar-refractivity contribution in [2.24, 2.45) is 5.73 Å². The van der Waals surface area contributed by atoms with E-state index in [1.807, 2.05) is 20.8 Å². The van der Waals surface area contributed by atoms with Crippen LogP contribution < -0.4 is 15.8 Å². The smallest absolute Gasteiger partial charge is 0.410 e. The van der Waals surface area contributed by atoms with E-state index in [0.29, 0.717) is 22.7 Å². The fourth-order valence-electron chi connectivity index (χ4n) is 3.99. The molecule has 2 aromatic heterocycles. The normalized spacial score (nSPS) is 11.7. The van der Waals surface area contributed by atoms with Crippen LogP contribution in [-0.4, -0.2) is 26.8 Å². The number of para-hydroxylation sites is 1. The summed E-state index contributed by atoms with van der Waals surface area (Å²) >= 11 is 0. The Labute approximate surface area is 222 Å². The highest BCUT2D eigenvalue weighted by Crippen LogP contribution is 2.32. The fourth-order valence-corrected chi connectivity index (χ4v) is 3.99. The van der Waals surface area contributed by atoms with E-state index in [2.05, 4.69) is 15.4 Å². The lowest BCUT2D eigenvalue weighted by Gasteiger charge is -2.23. The zero-order chi connectivity index (χ0) is 28.4. The Morgan fingerprint density at radius 1 is 0.949 bits per heavy atom. The second-order valence-corrected chi connectivity index (χ2v) is 9.71. The topological polar surface area (TPSA) is 112 Å². The van der Waals surface area contributed by atoms with E-state index in [1.54, 1.807) is 59.3 Å². The molecule has 0 fully saturated rings. The molecule has 8 nitrogen and oxygen atoms in total. The molecule has 3 N–H and O–H groups in total. The van der Waals surface area contributed by atoms with Crippen molar-refractivity contribution in [1.29, 1.82) is 0 Å². The largest absolute Gasteiger partial charge is 0.433 e. The van der Waals surface area contributed by atoms with Gasteiger partial charge in [-0.05, 0) is 57.2 Å². The first-order chi connectivity index (χ1) is 18.3. The molecule has 0 aliphatic rings. The molecule has 4 aromatic rings. The molecule has 0 saturated heterocycles. The number of carbonyl (C=O) groups is 2. The number of rotatable bonds is 6. The summed E-state index contributed by atoms with van der Waals surface area (Å²) in [6, 6.07) is 18.7. The average molecular weight is 538 g/mol. The molecule has 0 radical (unpaired) electrons. The van der Waals surface area contributed by atoms with Crippen LogP contribution in [0.15, 0.2) is 72.8 Å². The van der Waals surface area contributed by atoms with Gasteiger partial charge in [0.1, 0.15) is 17.1 Å². The molecule has 4 rings (SSSR count). The third-order valence-electron chi connectivity index (χ3n) is 5.67. The number of pyridine rings is 1. The zero-order valence-corrected chi connectivity index (χ0v) is 21.4. The van der Waals surface area contributed by atoms with Crippen LogP contribution in [0.2, 0.25) is 0 Å². The number of amides is 2. The van der Waals surface area contributed by atoms with Crippen molar-refractivity contribution in [2.75, 3.05) is 5.32 Å². The molecule has 0 saturated carbocycles. The third-order valence-corrected chi connectivity index (χ3v) is 5.67. The van der Waals surface area contributed by atoms with Crippen LogP contribution in [0.1, 0.15) is 48.2 Å². The lowest BCUT2D eigenvalue weighted by molar-refractivity contribution is -0.141. The Hall–Kier alpha value is -4.67. The number of nitrogens with zero attached hydrogens (tertiary/aromatic N) is 3. The zero-order valence-electron chi connectivity index (χ0n) is 21.4. The van der Waals surface area contributed by atoms with Crippen LogP contribution in [-0.2, 0) is 18.1 Å². The number of nitrogens with one attached hydrogen (secondary N) is 1. The maximum Gasteiger partial charge on any atom is 0.433 e. The molecule has 2 heterocycles. The van der Waals surface area contributed by atoms with Gasteiger partial charge in [-0.1, -0.05) is 36.4 Å². The molecule has 0 bridgehead atoms. The van der Waals surface area contributed by atoms with Gasteiger partial charge in [-0.15, -0.1) is 0 Å². The average Bonchev–Trinajstić information content (AvgIpc) is 3.25. The summed E-state index contributed by atoms with van der Waals surface area (Å²) in [5.74, 6) is -0.399. The van der Waals surface area contributed by atoms with Crippen molar-refractivity contribution >= 4 is 17.7 Å². The Bertz CT molecular complexity index is 1490. The molecule has 2 aromatic carbocycles. The van der Waals surface area contributed by atoms with Crippen LogP contribution in [0.25, 0.3) is 11.3 Å². The van der Waals surface area contributed by atoms with E-state index in [-0.39, 0.29) is 23.4 Å². The van der Waals surface area contributed by atoms with E-state index >= 15 is 0 Å². The second kappa shape index (κ2) is 10.6. The van der Waals surface area contributed by atoms with E-state index in [9.17, 15) is 22.8 Å². The first-order valence-corrected chi connectivity index (χ1v) is 11.9. The van der Waals surface area contributed by atoms with Gasteiger partial charge in [0.15, 0.2) is 0 Å². The Kier molecular flexibility index (Phi) is 7.44. The Morgan fingerprint density at radius 2 is 1.62 bits per heavy atom. The first kappa shape index (κ1) is 27.4. The summed E-state index contributed by atoms with van der Waals surface area (Å²) in [6.07, 6.45) is -5.39. The maximum absolute atomic E-state index is 13.2. The minimum absolute atomic E-state index is 0.0772. The Balaban J connectivity index is 1.67.